The fourth-order valence-corrected chi connectivity index (χ4v) is 4.14. The van der Waals surface area contributed by atoms with Gasteiger partial charge in [0.2, 0.25) is 0 Å². The van der Waals surface area contributed by atoms with E-state index in [0.29, 0.717) is 52.8 Å². The molecule has 7 nitrogen and oxygen atoms in total. The maximum Gasteiger partial charge on any atom is 0.162 e. The van der Waals surface area contributed by atoms with Gasteiger partial charge in [-0.1, -0.05) is 0 Å². The summed E-state index contributed by atoms with van der Waals surface area (Å²) in [7, 11) is 2.11. The van der Waals surface area contributed by atoms with Crippen LogP contribution in [0.5, 0.6) is 11.5 Å². The van der Waals surface area contributed by atoms with Crippen molar-refractivity contribution >= 4 is 29.0 Å². The zero-order chi connectivity index (χ0) is 22.7. The molecule has 0 unspecified atom stereocenters. The van der Waals surface area contributed by atoms with E-state index in [9.17, 15) is 9.59 Å². The Balaban J connectivity index is 1.83. The summed E-state index contributed by atoms with van der Waals surface area (Å²) < 4.78 is 11.4. The largest absolute Gasteiger partial charge is 0.486 e. The number of hydrogen-bond acceptors (Lipinski definition) is 7. The Bertz CT molecular complexity index is 1060. The van der Waals surface area contributed by atoms with Gasteiger partial charge in [0.05, 0.1) is 5.70 Å². The molecule has 2 aliphatic rings. The van der Waals surface area contributed by atoms with E-state index in [4.69, 9.17) is 15.2 Å². The SMILES string of the molecule is CC(=O)c1ccc(N)c(/C(C=O)=C(/NC2CCN(C)CC2)c2ccc3c(c2)OCCO3)c1. The summed E-state index contributed by atoms with van der Waals surface area (Å²) in [5.41, 5.74) is 9.66. The Morgan fingerprint density at radius 2 is 1.75 bits per heavy atom. The van der Waals surface area contributed by atoms with Crippen LogP contribution in [0, 0.1) is 0 Å². The number of allylic oxidation sites excluding steroid dienone is 1. The highest BCUT2D eigenvalue weighted by Gasteiger charge is 2.23. The Kier molecular flexibility index (Phi) is 6.46. The standard InChI is InChI=1S/C25H29N3O4/c1-16(30)17-3-5-22(26)20(13-17)21(15-29)25(27-19-7-9-28(2)10-8-19)18-4-6-23-24(14-18)32-12-11-31-23/h3-6,13-15,19,27H,7-12,26H2,1-2H3/b25-21+. The van der Waals surface area contributed by atoms with Crippen molar-refractivity contribution in [2.75, 3.05) is 39.1 Å². The van der Waals surface area contributed by atoms with Gasteiger partial charge in [0.1, 0.15) is 13.2 Å². The second kappa shape index (κ2) is 9.44. The van der Waals surface area contributed by atoms with Crippen LogP contribution in [0.4, 0.5) is 5.69 Å². The summed E-state index contributed by atoms with van der Waals surface area (Å²) >= 11 is 0. The number of carbonyl (C=O) groups is 2. The van der Waals surface area contributed by atoms with E-state index in [1.807, 2.05) is 18.2 Å². The molecule has 168 valence electrons. The highest BCUT2D eigenvalue weighted by atomic mass is 16.6. The normalized spacial score (nSPS) is 17.4. The number of anilines is 1. The number of rotatable bonds is 6. The van der Waals surface area contributed by atoms with Gasteiger partial charge in [-0.2, -0.15) is 0 Å². The predicted molar refractivity (Wildman–Crippen MR) is 125 cm³/mol. The Labute approximate surface area is 188 Å². The van der Waals surface area contributed by atoms with Crippen LogP contribution in [0.15, 0.2) is 36.4 Å². The van der Waals surface area contributed by atoms with E-state index in [2.05, 4.69) is 17.3 Å². The van der Waals surface area contributed by atoms with Crippen LogP contribution >= 0.6 is 0 Å². The molecule has 7 heteroatoms. The minimum Gasteiger partial charge on any atom is -0.486 e. The third-order valence-electron chi connectivity index (χ3n) is 6.04. The molecule has 2 aliphatic heterocycles. The average molecular weight is 436 g/mol. The lowest BCUT2D eigenvalue weighted by atomic mass is 9.95. The number of nitrogens with zero attached hydrogens (tertiary/aromatic N) is 1. The van der Waals surface area contributed by atoms with Gasteiger partial charge >= 0.3 is 0 Å². The molecular weight excluding hydrogens is 406 g/mol. The highest BCUT2D eigenvalue weighted by Crippen LogP contribution is 2.35. The molecule has 0 radical (unpaired) electrons. The Morgan fingerprint density at radius 3 is 2.44 bits per heavy atom. The van der Waals surface area contributed by atoms with Gasteiger partial charge in [0.15, 0.2) is 23.6 Å². The maximum absolute atomic E-state index is 12.4. The van der Waals surface area contributed by atoms with Crippen molar-refractivity contribution in [3.05, 3.63) is 53.1 Å². The zero-order valence-electron chi connectivity index (χ0n) is 18.5. The third kappa shape index (κ3) is 4.62. The van der Waals surface area contributed by atoms with Crippen LogP contribution in [0.25, 0.3) is 11.3 Å². The first kappa shape index (κ1) is 21.9. The molecule has 3 N–H and O–H groups in total. The van der Waals surface area contributed by atoms with Crippen LogP contribution in [-0.4, -0.2) is 56.4 Å². The lowest BCUT2D eigenvalue weighted by Crippen LogP contribution is -2.40. The number of aldehydes is 1. The maximum atomic E-state index is 12.4. The van der Waals surface area contributed by atoms with Crippen molar-refractivity contribution in [2.45, 2.75) is 25.8 Å². The number of ether oxygens (including phenoxy) is 2. The van der Waals surface area contributed by atoms with E-state index in [0.717, 1.165) is 37.8 Å². The summed E-state index contributed by atoms with van der Waals surface area (Å²) in [4.78, 5) is 26.7. The lowest BCUT2D eigenvalue weighted by molar-refractivity contribution is -0.103. The van der Waals surface area contributed by atoms with Crippen LogP contribution in [0.1, 0.15) is 41.3 Å². The minimum absolute atomic E-state index is 0.0827. The number of carbonyl (C=O) groups excluding carboxylic acids is 2. The first-order valence-electron chi connectivity index (χ1n) is 10.9. The van der Waals surface area contributed by atoms with Gasteiger partial charge in [-0.25, -0.2) is 0 Å². The molecule has 0 aromatic heterocycles. The van der Waals surface area contributed by atoms with Gasteiger partial charge in [-0.15, -0.1) is 0 Å². The first-order chi connectivity index (χ1) is 15.5. The Hall–Kier alpha value is -3.32. The van der Waals surface area contributed by atoms with E-state index in [-0.39, 0.29) is 11.8 Å². The number of nitrogens with two attached hydrogens (primary N) is 1. The van der Waals surface area contributed by atoms with Crippen molar-refractivity contribution in [3.8, 4) is 11.5 Å². The first-order valence-corrected chi connectivity index (χ1v) is 10.9. The molecule has 2 heterocycles. The molecular formula is C25H29N3O4. The number of nitrogens with one attached hydrogen (secondary N) is 1. The number of nitrogen functional groups attached to an aromatic ring is 1. The summed E-state index contributed by atoms with van der Waals surface area (Å²) in [6.45, 7) is 4.44. The van der Waals surface area contributed by atoms with Gasteiger partial charge < -0.3 is 25.4 Å². The van der Waals surface area contributed by atoms with Gasteiger partial charge in [-0.05, 0) is 76.3 Å². The number of fused-ring (bicyclic) bond motifs is 1. The van der Waals surface area contributed by atoms with E-state index < -0.39 is 0 Å². The number of likely N-dealkylation sites (tertiary alicyclic amines) is 1. The average Bonchev–Trinajstić information content (AvgIpc) is 2.80. The number of benzene rings is 2. The molecule has 0 saturated carbocycles. The smallest absolute Gasteiger partial charge is 0.162 e. The topological polar surface area (TPSA) is 93.9 Å². The fourth-order valence-electron chi connectivity index (χ4n) is 4.14. The van der Waals surface area contributed by atoms with Crippen molar-refractivity contribution in [1.82, 2.24) is 10.2 Å². The lowest BCUT2D eigenvalue weighted by Gasteiger charge is -2.32. The fraction of sp³-hybridized carbons (Fsp3) is 0.360. The summed E-state index contributed by atoms with van der Waals surface area (Å²) in [5, 5.41) is 3.61. The summed E-state index contributed by atoms with van der Waals surface area (Å²) in [6, 6.07) is 10.9. The molecule has 4 rings (SSSR count). The van der Waals surface area contributed by atoms with E-state index in [1.54, 1.807) is 18.2 Å². The summed E-state index contributed by atoms with van der Waals surface area (Å²) in [5.74, 6) is 1.25. The minimum atomic E-state index is -0.0827. The van der Waals surface area contributed by atoms with Crippen molar-refractivity contribution in [1.29, 1.82) is 0 Å². The molecule has 2 aromatic carbocycles. The van der Waals surface area contributed by atoms with Crippen molar-refractivity contribution in [2.24, 2.45) is 0 Å². The second-order valence-electron chi connectivity index (χ2n) is 8.35. The zero-order valence-corrected chi connectivity index (χ0v) is 18.5. The monoisotopic (exact) mass is 435 g/mol. The quantitative estimate of drug-likeness (QED) is 0.237. The van der Waals surface area contributed by atoms with Crippen LogP contribution in [-0.2, 0) is 4.79 Å². The van der Waals surface area contributed by atoms with Gasteiger partial charge in [0, 0.05) is 34.0 Å². The number of hydrogen-bond donors (Lipinski definition) is 2. The molecule has 32 heavy (non-hydrogen) atoms. The summed E-state index contributed by atoms with van der Waals surface area (Å²) in [6.07, 6.45) is 2.73. The third-order valence-corrected chi connectivity index (χ3v) is 6.04. The van der Waals surface area contributed by atoms with Gasteiger partial charge in [-0.3, -0.25) is 9.59 Å². The van der Waals surface area contributed by atoms with Crippen LogP contribution < -0.4 is 20.5 Å². The molecule has 1 saturated heterocycles. The van der Waals surface area contributed by atoms with E-state index in [1.165, 1.54) is 6.92 Å². The number of piperidine rings is 1. The molecule has 0 amide bonds. The molecule has 0 aliphatic carbocycles. The number of Topliss-reactive ketones (excluding diaryl/α,β-unsaturated/α-hetero) is 1. The van der Waals surface area contributed by atoms with Crippen molar-refractivity contribution in [3.63, 3.8) is 0 Å². The molecule has 1 fully saturated rings. The van der Waals surface area contributed by atoms with E-state index >= 15 is 0 Å². The molecule has 0 atom stereocenters. The van der Waals surface area contributed by atoms with Crippen LogP contribution in [0.3, 0.4) is 0 Å². The van der Waals surface area contributed by atoms with Gasteiger partial charge in [0.25, 0.3) is 0 Å². The molecule has 0 spiro atoms. The number of ketones is 1. The second-order valence-corrected chi connectivity index (χ2v) is 8.35. The Morgan fingerprint density at radius 1 is 1.06 bits per heavy atom. The van der Waals surface area contributed by atoms with Crippen molar-refractivity contribution < 1.29 is 19.1 Å². The molecule has 0 bridgehead atoms. The predicted octanol–water partition coefficient (Wildman–Crippen LogP) is 2.99. The molecule has 2 aromatic rings. The highest BCUT2D eigenvalue weighted by molar-refractivity contribution is 6.19. The van der Waals surface area contributed by atoms with Crippen LogP contribution in [0.2, 0.25) is 0 Å².